The summed E-state index contributed by atoms with van der Waals surface area (Å²) in [6.07, 6.45) is 0. The molecule has 0 saturated heterocycles. The van der Waals surface area contributed by atoms with Gasteiger partial charge in [0.1, 0.15) is 5.82 Å². The first-order valence-electron chi connectivity index (χ1n) is 6.64. The van der Waals surface area contributed by atoms with E-state index in [9.17, 15) is 4.39 Å². The van der Waals surface area contributed by atoms with Crippen LogP contribution in [0.1, 0.15) is 33.9 Å². The molecular formula is C17H19FIN. The summed E-state index contributed by atoms with van der Waals surface area (Å²) in [5, 5.41) is 3.35. The van der Waals surface area contributed by atoms with Crippen molar-refractivity contribution in [2.75, 3.05) is 7.05 Å². The molecule has 1 nitrogen and oxygen atoms in total. The lowest BCUT2D eigenvalue weighted by Crippen LogP contribution is -2.19. The molecule has 2 aromatic carbocycles. The molecule has 1 N–H and O–H groups in total. The second kappa shape index (κ2) is 6.22. The lowest BCUT2D eigenvalue weighted by atomic mass is 9.94. The fourth-order valence-corrected chi connectivity index (χ4v) is 3.21. The standard InChI is InChI=1S/C17H19FIN/c1-10-6-5-7-14(16(10)19)17(20-4)13-8-11(2)15(18)12(3)9-13/h5-9,17,20H,1-4H3. The van der Waals surface area contributed by atoms with Crippen molar-refractivity contribution in [2.24, 2.45) is 0 Å². The minimum atomic E-state index is -0.109. The zero-order valence-electron chi connectivity index (χ0n) is 12.2. The summed E-state index contributed by atoms with van der Waals surface area (Å²) in [5.74, 6) is -0.109. The van der Waals surface area contributed by atoms with E-state index < -0.39 is 0 Å². The zero-order chi connectivity index (χ0) is 14.9. The van der Waals surface area contributed by atoms with Crippen LogP contribution in [0.15, 0.2) is 30.3 Å². The molecule has 0 saturated carbocycles. The Labute approximate surface area is 133 Å². The van der Waals surface area contributed by atoms with Crippen LogP contribution in [0.2, 0.25) is 0 Å². The lowest BCUT2D eigenvalue weighted by Gasteiger charge is -2.21. The molecule has 0 amide bonds. The van der Waals surface area contributed by atoms with Crippen molar-refractivity contribution in [2.45, 2.75) is 26.8 Å². The van der Waals surface area contributed by atoms with Crippen molar-refractivity contribution in [3.05, 3.63) is 67.5 Å². The number of benzene rings is 2. The predicted molar refractivity (Wildman–Crippen MR) is 90.7 cm³/mol. The van der Waals surface area contributed by atoms with Gasteiger partial charge in [-0.3, -0.25) is 0 Å². The third kappa shape index (κ3) is 2.88. The van der Waals surface area contributed by atoms with Crippen molar-refractivity contribution < 1.29 is 4.39 Å². The molecular weight excluding hydrogens is 364 g/mol. The van der Waals surface area contributed by atoms with E-state index in [1.54, 1.807) is 0 Å². The van der Waals surface area contributed by atoms with Crippen molar-refractivity contribution in [1.29, 1.82) is 0 Å². The number of aryl methyl sites for hydroxylation is 3. The zero-order valence-corrected chi connectivity index (χ0v) is 14.4. The Kier molecular flexibility index (Phi) is 4.81. The van der Waals surface area contributed by atoms with Gasteiger partial charge in [0.05, 0.1) is 6.04 Å². The third-order valence-corrected chi connectivity index (χ3v) is 5.09. The van der Waals surface area contributed by atoms with E-state index in [1.165, 1.54) is 14.7 Å². The Bertz CT molecular complexity index is 614. The molecule has 0 spiro atoms. The number of hydrogen-bond donors (Lipinski definition) is 1. The first kappa shape index (κ1) is 15.4. The van der Waals surface area contributed by atoms with E-state index in [-0.39, 0.29) is 11.9 Å². The minimum Gasteiger partial charge on any atom is -0.309 e. The monoisotopic (exact) mass is 383 g/mol. The van der Waals surface area contributed by atoms with Crippen LogP contribution in [0, 0.1) is 30.2 Å². The van der Waals surface area contributed by atoms with E-state index in [4.69, 9.17) is 0 Å². The molecule has 0 aromatic heterocycles. The van der Waals surface area contributed by atoms with Gasteiger partial charge in [-0.15, -0.1) is 0 Å². The molecule has 0 heterocycles. The Morgan fingerprint density at radius 3 is 2.20 bits per heavy atom. The highest BCUT2D eigenvalue weighted by Crippen LogP contribution is 2.29. The van der Waals surface area contributed by atoms with Crippen LogP contribution >= 0.6 is 22.6 Å². The average molecular weight is 383 g/mol. The van der Waals surface area contributed by atoms with Crippen LogP contribution in [0.5, 0.6) is 0 Å². The molecule has 2 rings (SSSR count). The molecule has 0 aliphatic heterocycles. The second-order valence-electron chi connectivity index (χ2n) is 5.17. The highest BCUT2D eigenvalue weighted by Gasteiger charge is 2.17. The molecule has 3 heteroatoms. The Morgan fingerprint density at radius 2 is 1.65 bits per heavy atom. The van der Waals surface area contributed by atoms with Gasteiger partial charge < -0.3 is 5.32 Å². The quantitative estimate of drug-likeness (QED) is 0.760. The first-order chi connectivity index (χ1) is 9.45. The lowest BCUT2D eigenvalue weighted by molar-refractivity contribution is 0.604. The maximum absolute atomic E-state index is 13.8. The highest BCUT2D eigenvalue weighted by molar-refractivity contribution is 14.1. The highest BCUT2D eigenvalue weighted by atomic mass is 127. The van der Waals surface area contributed by atoms with Crippen molar-refractivity contribution in [3.8, 4) is 0 Å². The molecule has 0 radical (unpaired) electrons. The Hall–Kier alpha value is -0.940. The molecule has 20 heavy (non-hydrogen) atoms. The fraction of sp³-hybridized carbons (Fsp3) is 0.294. The molecule has 0 bridgehead atoms. The van der Waals surface area contributed by atoms with Crippen LogP contribution < -0.4 is 5.32 Å². The Balaban J connectivity index is 2.55. The minimum absolute atomic E-state index is 0.0831. The number of hydrogen-bond acceptors (Lipinski definition) is 1. The summed E-state index contributed by atoms with van der Waals surface area (Å²) in [4.78, 5) is 0. The van der Waals surface area contributed by atoms with Crippen molar-refractivity contribution in [1.82, 2.24) is 5.32 Å². The normalized spacial score (nSPS) is 12.5. The van der Waals surface area contributed by atoms with Crippen LogP contribution in [-0.2, 0) is 0 Å². The molecule has 0 aliphatic carbocycles. The Morgan fingerprint density at radius 1 is 1.05 bits per heavy atom. The molecule has 0 aliphatic rings. The van der Waals surface area contributed by atoms with Gasteiger partial charge in [0.2, 0.25) is 0 Å². The largest absolute Gasteiger partial charge is 0.309 e. The van der Waals surface area contributed by atoms with Crippen LogP contribution in [-0.4, -0.2) is 7.05 Å². The first-order valence-corrected chi connectivity index (χ1v) is 7.72. The summed E-state index contributed by atoms with van der Waals surface area (Å²) in [7, 11) is 1.94. The second-order valence-corrected chi connectivity index (χ2v) is 6.25. The van der Waals surface area contributed by atoms with Gasteiger partial charge in [-0.2, -0.15) is 0 Å². The van der Waals surface area contributed by atoms with Gasteiger partial charge in [0.15, 0.2) is 0 Å². The topological polar surface area (TPSA) is 12.0 Å². The average Bonchev–Trinajstić information content (AvgIpc) is 2.41. The number of halogens is 2. The summed E-state index contributed by atoms with van der Waals surface area (Å²) < 4.78 is 15.1. The van der Waals surface area contributed by atoms with Crippen molar-refractivity contribution in [3.63, 3.8) is 0 Å². The van der Waals surface area contributed by atoms with Crippen LogP contribution in [0.25, 0.3) is 0 Å². The smallest absolute Gasteiger partial charge is 0.129 e. The van der Waals surface area contributed by atoms with Crippen LogP contribution in [0.3, 0.4) is 0 Å². The predicted octanol–water partition coefficient (Wildman–Crippen LogP) is 4.66. The summed E-state index contributed by atoms with van der Waals surface area (Å²) >= 11 is 2.38. The van der Waals surface area contributed by atoms with Gasteiger partial charge in [-0.1, -0.05) is 30.3 Å². The van der Waals surface area contributed by atoms with Crippen LogP contribution in [0.4, 0.5) is 4.39 Å². The molecule has 106 valence electrons. The SMILES string of the molecule is CNC(c1cc(C)c(F)c(C)c1)c1cccc(C)c1I. The van der Waals surface area contributed by atoms with Gasteiger partial charge in [0, 0.05) is 3.57 Å². The number of rotatable bonds is 3. The van der Waals surface area contributed by atoms with Gasteiger partial charge >= 0.3 is 0 Å². The van der Waals surface area contributed by atoms with E-state index in [1.807, 2.05) is 33.0 Å². The van der Waals surface area contributed by atoms with Crippen molar-refractivity contribution >= 4 is 22.6 Å². The summed E-state index contributed by atoms with van der Waals surface area (Å²) in [5.41, 5.74) is 5.00. The fourth-order valence-electron chi connectivity index (χ4n) is 2.54. The van der Waals surface area contributed by atoms with E-state index in [0.717, 1.165) is 5.56 Å². The van der Waals surface area contributed by atoms with E-state index >= 15 is 0 Å². The third-order valence-electron chi connectivity index (χ3n) is 3.61. The maximum atomic E-state index is 13.8. The molecule has 1 atom stereocenters. The van der Waals surface area contributed by atoms with E-state index in [2.05, 4.69) is 53.0 Å². The van der Waals surface area contributed by atoms with Gasteiger partial charge in [-0.25, -0.2) is 4.39 Å². The van der Waals surface area contributed by atoms with Gasteiger partial charge in [-0.05, 0) is 78.2 Å². The molecule has 0 fully saturated rings. The molecule has 2 aromatic rings. The van der Waals surface area contributed by atoms with Gasteiger partial charge in [0.25, 0.3) is 0 Å². The molecule has 1 unspecified atom stereocenters. The summed E-state index contributed by atoms with van der Waals surface area (Å²) in [6, 6.07) is 10.3. The van der Waals surface area contributed by atoms with E-state index in [0.29, 0.717) is 11.1 Å². The summed E-state index contributed by atoms with van der Waals surface area (Å²) in [6.45, 7) is 5.75. The number of nitrogens with one attached hydrogen (secondary N) is 1. The maximum Gasteiger partial charge on any atom is 0.129 e.